The summed E-state index contributed by atoms with van der Waals surface area (Å²) in [6, 6.07) is 37.8. The number of amides is 4. The largest absolute Gasteiger partial charge is 0 e. The summed E-state index contributed by atoms with van der Waals surface area (Å²) in [7, 11) is 8.15. The van der Waals surface area contributed by atoms with Crippen molar-refractivity contribution in [1.82, 2.24) is 45.0 Å². The molecular weight excluding hydrogens is 2350 g/mol. The first kappa shape index (κ1) is 141. The number of anilines is 5. The number of nitrogens with zero attached hydrogens (tertiary/aromatic N) is 22. The van der Waals surface area contributed by atoms with Crippen LogP contribution >= 0.6 is 186 Å². The molecule has 0 saturated carbocycles. The molecule has 0 atom stereocenters. The van der Waals surface area contributed by atoms with Crippen LogP contribution in [0.15, 0.2) is 190 Å². The molecule has 7 aromatic carbocycles. The van der Waals surface area contributed by atoms with Gasteiger partial charge in [-0.3, -0.25) is 53.8 Å². The standard InChI is InChI=1S/C15H20Cl2N4.C14H10Cl2N2O3.C14H12Cl2N2O2.C10H6Cl2N2O2.C10H8Cl2N2.C10H7Cl2N.C6H5Cl2N.C4H12N2.C2H3ClO.C2H6O.C2H4O.C2H6.2CH4.ClHN12.O2Se.H2/c1-21(2)7-3-6-19-9-10-4-5-11-12(16)8-13(17)14(18)15(11)20-10;1-7(20)18(8(2)21)14-12(16)5-11(15)10-4-3-9(6-19)17-13(10)14;1-7-4-5-10-11(15)6-12(16)14(13(10)17-7)18(8(2)19)9(3)20;1-5-2-3-6-7(11)4-8(12)10(14(15)16)9(6)13-5;1-5-2-3-6-7(11)4-8(12)9(13)10(6)14-5;1-6-2-3-8-9(12)4-7(11)5-10(8)13-6;7-4-1-5(8)3-6(9)2-4;1-6(2)4-3-5;1-2(3)4;2*1-2-3;1-2;;;1-3-5-7-9-11-13-12-10-8-6-4-2;1-3-2;/h4-5,8,19H,3,6-7,9,18H2,1-2H3;3-6H,1-2H3;4-6H,1-3H3;2-4H,1H3;2-4H,13H2,1H3;2-5H,1H3;1-3H,9H2;3-5H2,1-2H3;1H3;3H,2H2,1H3;2H,1H3;1-2H3;2*1H4;2H;;1H/b;;;;;;;;;;;;;;4-2?,5-3?,8-6+,9-7+,12-10+,13-11+;;/i;;;;;;;;;;;;;;;;1+2D. The molecule has 40 nitrogen and oxygen atoms in total. The number of hydrogen-bond donors (Lipinski definition) is 7. The Hall–Kier alpha value is -10.8. The van der Waals surface area contributed by atoms with E-state index in [2.05, 4.69) is 128 Å². The van der Waals surface area contributed by atoms with Gasteiger partial charge in [-0.1, -0.05) is 196 Å². The van der Waals surface area contributed by atoms with Crippen LogP contribution in [0.1, 0.15) is 126 Å². The van der Waals surface area contributed by atoms with Crippen LogP contribution in [-0.2, 0) is 43.0 Å². The number of fused-ring (bicyclic) bond motifs is 6. The molecule has 6 heterocycles. The van der Waals surface area contributed by atoms with Crippen molar-refractivity contribution >= 4 is 342 Å². The fourth-order valence-corrected chi connectivity index (χ4v) is 15.2. The number of imide groups is 2. The minimum absolute atomic E-state index is 0. The number of pyridine rings is 6. The molecule has 13 rings (SSSR count). The van der Waals surface area contributed by atoms with Gasteiger partial charge in [0, 0.05) is 140 Å². The summed E-state index contributed by atoms with van der Waals surface area (Å²) in [6.45, 7) is 25.6. The number of nitrogens with two attached hydrogens (primary N) is 4. The molecule has 0 aliphatic carbocycles. The molecule has 0 spiro atoms. The molecule has 0 saturated heterocycles. The number of aliphatic hydroxyl groups is 1. The molecule has 6 aromatic heterocycles. The maximum atomic E-state index is 11.7. The van der Waals surface area contributed by atoms with Gasteiger partial charge in [-0.05, 0) is 287 Å². The number of hydrogen-bond acceptors (Lipinski definition) is 27. The van der Waals surface area contributed by atoms with Gasteiger partial charge in [0.15, 0.2) is 11.8 Å². The van der Waals surface area contributed by atoms with Gasteiger partial charge in [0.25, 0.3) is 0 Å². The molecule has 0 aliphatic heterocycles. The second-order valence-corrected chi connectivity index (χ2v) is 35.4. The van der Waals surface area contributed by atoms with Crippen molar-refractivity contribution in [1.29, 1.82) is 5.53 Å². The Morgan fingerprint density at radius 1 is 0.487 bits per heavy atom. The second-order valence-electron chi connectivity index (χ2n) is 28.7. The van der Waals surface area contributed by atoms with Gasteiger partial charge in [-0.15, -0.1) is 0 Å². The van der Waals surface area contributed by atoms with Crippen LogP contribution in [-0.4, -0.2) is 167 Å². The van der Waals surface area contributed by atoms with Crippen molar-refractivity contribution in [2.75, 3.05) is 88.0 Å². The number of aryl methyl sites for hydroxylation is 4. The third-order valence-corrected chi connectivity index (χ3v) is 21.0. The maximum Gasteiger partial charge on any atom is 0 e. The van der Waals surface area contributed by atoms with Gasteiger partial charge in [0.05, 0.1) is 123 Å². The zero-order valence-electron chi connectivity index (χ0n) is 83.8. The number of carbonyl (C=O) groups excluding carboxylic acids is 7. The quantitative estimate of drug-likeness (QED) is 0.00650. The Morgan fingerprint density at radius 2 is 0.807 bits per heavy atom. The van der Waals surface area contributed by atoms with Gasteiger partial charge < -0.3 is 48.0 Å². The monoisotopic (exact) mass is 2450 g/mol. The van der Waals surface area contributed by atoms with E-state index in [-0.39, 0.29) is 75.6 Å². The summed E-state index contributed by atoms with van der Waals surface area (Å²) in [5, 5.41) is 60.1. The molecule has 0 radical (unpaired) electrons. The van der Waals surface area contributed by atoms with Crippen LogP contribution in [0.4, 0.5) is 34.1 Å². The molecule has 57 heteroatoms. The number of likely N-dealkylation sites (N-methyl/N-ethyl adjacent to an activating group) is 1. The Bertz CT molecular complexity index is 6840. The molecule has 0 bridgehead atoms. The van der Waals surface area contributed by atoms with Crippen molar-refractivity contribution in [3.05, 3.63) is 248 Å². The van der Waals surface area contributed by atoms with Crippen molar-refractivity contribution in [2.24, 2.45) is 62.6 Å². The smallest absolute Gasteiger partial charge is 0 e. The molecule has 4 amide bonds. The Kier molecular flexibility index (Phi) is 73.0. The summed E-state index contributed by atoms with van der Waals surface area (Å²) in [4.78, 5) is 118. The molecule has 11 N–H and O–H groups in total. The van der Waals surface area contributed by atoms with E-state index < -0.39 is 43.4 Å². The maximum absolute atomic E-state index is 11.7. The van der Waals surface area contributed by atoms with Crippen molar-refractivity contribution in [3.63, 3.8) is 0 Å². The topological polar surface area (TPSA) is 583 Å². The third kappa shape index (κ3) is 51.6. The molecule has 0 fully saturated rings. The Balaban J connectivity index is -0.000000804. The predicted molar refractivity (Wildman–Crippen MR) is 612 cm³/mol. The number of rotatable bonds is 17. The number of aldehydes is 2. The number of nitro benzene ring substituents is 1. The minimum atomic E-state index is -1.62. The zero-order valence-corrected chi connectivity index (χ0v) is 95.7. The molecule has 0 aliphatic rings. The van der Waals surface area contributed by atoms with E-state index in [0.717, 1.165) is 93.1 Å². The van der Waals surface area contributed by atoms with Crippen LogP contribution in [0.5, 0.6) is 0 Å². The average Bonchev–Trinajstić information content (AvgIpc) is 0.771. The molecule has 0 unspecified atom stereocenters. The Morgan fingerprint density at radius 3 is 1.17 bits per heavy atom. The van der Waals surface area contributed by atoms with Crippen molar-refractivity contribution < 1.29 is 54.2 Å². The summed E-state index contributed by atoms with van der Waals surface area (Å²) < 4.78 is 29.6. The zero-order chi connectivity index (χ0) is 115. The predicted octanol–water partition coefficient (Wildman–Crippen LogP) is 29.2. The van der Waals surface area contributed by atoms with E-state index in [0.29, 0.717) is 124 Å². The van der Waals surface area contributed by atoms with Crippen LogP contribution in [0.25, 0.3) is 65.4 Å². The van der Waals surface area contributed by atoms with E-state index in [1.807, 2.05) is 91.2 Å². The van der Waals surface area contributed by atoms with E-state index in [4.69, 9.17) is 223 Å². The summed E-state index contributed by atoms with van der Waals surface area (Å²) in [5.41, 5.74) is 37.7. The van der Waals surface area contributed by atoms with Crippen LogP contribution < -0.4 is 38.1 Å². The van der Waals surface area contributed by atoms with E-state index in [1.165, 1.54) is 65.8 Å². The molecular formula is C93H110Cl16N28O12Se. The number of aliphatic hydroxyl groups excluding tert-OH is 1. The van der Waals surface area contributed by atoms with Crippen LogP contribution in [0.3, 0.4) is 0 Å². The van der Waals surface area contributed by atoms with Crippen molar-refractivity contribution in [2.45, 2.75) is 118 Å². The fourth-order valence-electron chi connectivity index (χ4n) is 11.3. The Labute approximate surface area is 954 Å². The van der Waals surface area contributed by atoms with Gasteiger partial charge in [-0.25, -0.2) is 24.8 Å². The first-order valence-corrected chi connectivity index (χ1v) is 49.5. The van der Waals surface area contributed by atoms with E-state index in [1.54, 1.807) is 80.6 Å². The number of aromatic nitrogens is 6. The fraction of sp³-hybridized carbons (Fsp3) is 0.280. The third-order valence-electron chi connectivity index (χ3n) is 16.9. The number of nitrogen functional groups attached to an aromatic ring is 3. The average molecular weight is 2460 g/mol. The number of nitrogens with one attached hydrogen (secondary N) is 2. The van der Waals surface area contributed by atoms with E-state index in [9.17, 15) is 38.9 Å². The summed E-state index contributed by atoms with van der Waals surface area (Å²) in [6.07, 6.45) is 2.41. The SMILES string of the molecule is C.C.CC.CC(=O)Cl.CC(=O)N(C(C)=O)c1c(Cl)cc(Cl)c2ccc(C)nc12.CC(=O)N(C(C)=O)c1c(Cl)cc(Cl)c2ccc(C=O)nc12.CC=O.CCO.CN(C)CCCNCc1ccc2c(Cl)cc(Cl)c(N)c2n1.CN(C)CCN.Cc1ccc2c(Cl)cc(Cl)c(N)c2n1.Cc1ccc2c(Cl)cc(Cl)c([N+](=O)[O-])c2n1.Cc1ccc2c(Cl)cc(Cl)cc2n1.N=N/N=N/N=N/N=N/N=N/N=NCl.Nc1cc(Cl)cc(Cl)c1.O=[Se]=O.[2H][3H]. The summed E-state index contributed by atoms with van der Waals surface area (Å²) in [5.74, 6) is -1.87. The molecule has 812 valence electrons. The summed E-state index contributed by atoms with van der Waals surface area (Å²) >= 11 is 91.1. The number of halogens is 16. The van der Waals surface area contributed by atoms with Crippen LogP contribution in [0.2, 0.25) is 70.3 Å². The minimum Gasteiger partial charge on any atom is 0 e. The van der Waals surface area contributed by atoms with Gasteiger partial charge >= 0.3 is 28.2 Å². The van der Waals surface area contributed by atoms with Crippen molar-refractivity contribution in [3.8, 4) is 0 Å². The first-order valence-electron chi connectivity index (χ1n) is 43.0. The number of nitro groups is 1. The van der Waals surface area contributed by atoms with Gasteiger partial charge in [0.2, 0.25) is 28.9 Å². The van der Waals surface area contributed by atoms with E-state index >= 15 is 0 Å². The normalized spacial score (nSPS) is 10.2. The number of carbonyl (C=O) groups is 7. The van der Waals surface area contributed by atoms with Gasteiger partial charge in [0.1, 0.15) is 17.0 Å². The van der Waals surface area contributed by atoms with Gasteiger partial charge in [-0.2, -0.15) is 5.53 Å². The molecule has 150 heavy (non-hydrogen) atoms. The molecule has 13 aromatic rings. The first-order chi connectivity index (χ1) is 70.8. The number of benzene rings is 7. The second kappa shape index (κ2) is 77.6. The van der Waals surface area contributed by atoms with Crippen LogP contribution in [0, 0.1) is 43.3 Å².